The lowest BCUT2D eigenvalue weighted by atomic mass is 10.2. The van der Waals surface area contributed by atoms with Gasteiger partial charge in [0.05, 0.1) is 6.10 Å². The van der Waals surface area contributed by atoms with Crippen molar-refractivity contribution < 1.29 is 14.3 Å². The fourth-order valence-corrected chi connectivity index (χ4v) is 1.61. The molecule has 5 nitrogen and oxygen atoms in total. The van der Waals surface area contributed by atoms with E-state index in [4.69, 9.17) is 4.74 Å². The molecule has 1 aliphatic heterocycles. The number of amides is 3. The van der Waals surface area contributed by atoms with Crippen LogP contribution >= 0.6 is 0 Å². The van der Waals surface area contributed by atoms with Crippen molar-refractivity contribution in [1.29, 1.82) is 0 Å². The molecule has 1 saturated heterocycles. The zero-order chi connectivity index (χ0) is 13.8. The first-order valence-corrected chi connectivity index (χ1v) is 6.19. The lowest BCUT2D eigenvalue weighted by molar-refractivity contribution is -0.115. The highest BCUT2D eigenvalue weighted by molar-refractivity contribution is 6.13. The van der Waals surface area contributed by atoms with E-state index in [0.717, 1.165) is 17.7 Å². The molecule has 2 N–H and O–H groups in total. The number of hydrogen-bond acceptors (Lipinski definition) is 3. The number of rotatable bonds is 4. The van der Waals surface area contributed by atoms with Crippen molar-refractivity contribution in [2.24, 2.45) is 0 Å². The van der Waals surface area contributed by atoms with Gasteiger partial charge < -0.3 is 10.1 Å². The summed E-state index contributed by atoms with van der Waals surface area (Å²) in [5.74, 6) is 0.376. The summed E-state index contributed by atoms with van der Waals surface area (Å²) in [5, 5.41) is 4.59. The topological polar surface area (TPSA) is 67.4 Å². The highest BCUT2D eigenvalue weighted by Crippen LogP contribution is 2.16. The van der Waals surface area contributed by atoms with Crippen LogP contribution in [0.15, 0.2) is 30.0 Å². The van der Waals surface area contributed by atoms with Gasteiger partial charge in [-0.3, -0.25) is 10.1 Å². The van der Waals surface area contributed by atoms with Crippen molar-refractivity contribution >= 4 is 18.0 Å². The third kappa shape index (κ3) is 3.34. The SMILES string of the molecule is CC[C@H](C)Oc1ccc(/C=C2/NC(=O)NC2=O)cc1. The van der Waals surface area contributed by atoms with E-state index in [1.54, 1.807) is 6.08 Å². The van der Waals surface area contributed by atoms with Crippen molar-refractivity contribution in [2.45, 2.75) is 26.4 Å². The molecule has 5 heteroatoms. The monoisotopic (exact) mass is 260 g/mol. The van der Waals surface area contributed by atoms with E-state index in [1.807, 2.05) is 31.2 Å². The normalized spacial score (nSPS) is 18.1. The van der Waals surface area contributed by atoms with E-state index in [9.17, 15) is 9.59 Å². The van der Waals surface area contributed by atoms with E-state index >= 15 is 0 Å². The molecule has 1 fully saturated rings. The zero-order valence-electron chi connectivity index (χ0n) is 10.9. The van der Waals surface area contributed by atoms with Crippen LogP contribution in [0.2, 0.25) is 0 Å². The van der Waals surface area contributed by atoms with Gasteiger partial charge >= 0.3 is 6.03 Å². The van der Waals surface area contributed by atoms with Gasteiger partial charge in [0.2, 0.25) is 0 Å². The molecule has 0 aliphatic carbocycles. The first-order valence-electron chi connectivity index (χ1n) is 6.19. The van der Waals surface area contributed by atoms with Gasteiger partial charge in [0, 0.05) is 0 Å². The van der Waals surface area contributed by atoms with Crippen molar-refractivity contribution in [3.63, 3.8) is 0 Å². The molecular weight excluding hydrogens is 244 g/mol. The first-order chi connectivity index (χ1) is 9.08. The number of imide groups is 1. The Hall–Kier alpha value is -2.30. The fourth-order valence-electron chi connectivity index (χ4n) is 1.61. The predicted molar refractivity (Wildman–Crippen MR) is 71.5 cm³/mol. The zero-order valence-corrected chi connectivity index (χ0v) is 10.9. The Morgan fingerprint density at radius 2 is 1.89 bits per heavy atom. The summed E-state index contributed by atoms with van der Waals surface area (Å²) >= 11 is 0. The molecule has 0 saturated carbocycles. The standard InChI is InChI=1S/C14H16N2O3/c1-3-9(2)19-11-6-4-10(5-7-11)8-12-13(17)16-14(18)15-12/h4-9H,3H2,1-2H3,(H2,15,16,17,18)/b12-8+/t9-/m0/s1. The van der Waals surface area contributed by atoms with Gasteiger partial charge in [-0.1, -0.05) is 19.1 Å². The van der Waals surface area contributed by atoms with Gasteiger partial charge in [-0.25, -0.2) is 4.79 Å². The number of ether oxygens (including phenoxy) is 1. The molecular formula is C14H16N2O3. The number of benzene rings is 1. The number of carbonyl (C=O) groups excluding carboxylic acids is 2. The van der Waals surface area contributed by atoms with E-state index < -0.39 is 11.9 Å². The number of hydrogen-bond donors (Lipinski definition) is 2. The highest BCUT2D eigenvalue weighted by Gasteiger charge is 2.22. The largest absolute Gasteiger partial charge is 0.491 e. The van der Waals surface area contributed by atoms with Gasteiger partial charge in [-0.05, 0) is 37.1 Å². The van der Waals surface area contributed by atoms with Gasteiger partial charge in [-0.15, -0.1) is 0 Å². The maximum Gasteiger partial charge on any atom is 0.326 e. The summed E-state index contributed by atoms with van der Waals surface area (Å²) < 4.78 is 5.66. The molecule has 1 aromatic rings. The van der Waals surface area contributed by atoms with Crippen molar-refractivity contribution in [1.82, 2.24) is 10.6 Å². The molecule has 2 rings (SSSR count). The first kappa shape index (κ1) is 13.1. The van der Waals surface area contributed by atoms with Crippen molar-refractivity contribution in [2.75, 3.05) is 0 Å². The lowest BCUT2D eigenvalue weighted by Gasteiger charge is -2.12. The third-order valence-corrected chi connectivity index (χ3v) is 2.82. The smallest absolute Gasteiger partial charge is 0.326 e. The molecule has 1 atom stereocenters. The molecule has 3 amide bonds. The van der Waals surface area contributed by atoms with Crippen LogP contribution in [0, 0.1) is 0 Å². The Labute approximate surface area is 111 Å². The Balaban J connectivity index is 2.09. The molecule has 19 heavy (non-hydrogen) atoms. The summed E-state index contributed by atoms with van der Waals surface area (Å²) in [7, 11) is 0. The summed E-state index contributed by atoms with van der Waals surface area (Å²) in [4.78, 5) is 22.3. The molecule has 1 heterocycles. The van der Waals surface area contributed by atoms with Gasteiger partial charge in [0.25, 0.3) is 5.91 Å². The Morgan fingerprint density at radius 1 is 1.21 bits per heavy atom. The number of carbonyl (C=O) groups is 2. The lowest BCUT2D eigenvalue weighted by Crippen LogP contribution is -2.22. The molecule has 0 bridgehead atoms. The molecule has 0 aromatic heterocycles. The maximum absolute atomic E-state index is 11.4. The molecule has 0 radical (unpaired) electrons. The molecule has 0 spiro atoms. The molecule has 1 aromatic carbocycles. The minimum Gasteiger partial charge on any atom is -0.491 e. The van der Waals surface area contributed by atoms with Gasteiger partial charge in [-0.2, -0.15) is 0 Å². The second-order valence-corrected chi connectivity index (χ2v) is 4.37. The minimum absolute atomic E-state index is 0.170. The predicted octanol–water partition coefficient (Wildman–Crippen LogP) is 2.04. The second kappa shape index (κ2) is 5.56. The molecule has 0 unspecified atom stereocenters. The quantitative estimate of drug-likeness (QED) is 0.643. The van der Waals surface area contributed by atoms with E-state index in [1.165, 1.54) is 0 Å². The summed E-state index contributed by atoms with van der Waals surface area (Å²) in [6.45, 7) is 4.07. The Bertz CT molecular complexity index is 520. The Morgan fingerprint density at radius 3 is 2.42 bits per heavy atom. The third-order valence-electron chi connectivity index (χ3n) is 2.82. The fraction of sp³-hybridized carbons (Fsp3) is 0.286. The van der Waals surface area contributed by atoms with Crippen LogP contribution in [-0.4, -0.2) is 18.0 Å². The van der Waals surface area contributed by atoms with Gasteiger partial charge in [0.1, 0.15) is 11.4 Å². The van der Waals surface area contributed by atoms with Crippen LogP contribution in [0.25, 0.3) is 6.08 Å². The van der Waals surface area contributed by atoms with Crippen molar-refractivity contribution in [3.8, 4) is 5.75 Å². The van der Waals surface area contributed by atoms with Gasteiger partial charge in [0.15, 0.2) is 0 Å². The Kier molecular flexibility index (Phi) is 3.85. The van der Waals surface area contributed by atoms with E-state index in [0.29, 0.717) is 0 Å². The van der Waals surface area contributed by atoms with Crippen LogP contribution in [0.5, 0.6) is 5.75 Å². The van der Waals surface area contributed by atoms with E-state index in [2.05, 4.69) is 17.6 Å². The van der Waals surface area contributed by atoms with Crippen molar-refractivity contribution in [3.05, 3.63) is 35.5 Å². The van der Waals surface area contributed by atoms with Crippen LogP contribution in [-0.2, 0) is 4.79 Å². The summed E-state index contributed by atoms with van der Waals surface area (Å²) in [5.41, 5.74) is 1.07. The minimum atomic E-state index is -0.493. The highest BCUT2D eigenvalue weighted by atomic mass is 16.5. The number of urea groups is 1. The number of nitrogens with one attached hydrogen (secondary N) is 2. The van der Waals surface area contributed by atoms with E-state index in [-0.39, 0.29) is 11.8 Å². The van der Waals surface area contributed by atoms with Crippen LogP contribution in [0.1, 0.15) is 25.8 Å². The average Bonchev–Trinajstić information content (AvgIpc) is 2.70. The summed E-state index contributed by atoms with van der Waals surface area (Å²) in [6.07, 6.45) is 2.73. The van der Waals surface area contributed by atoms with Crippen LogP contribution in [0.3, 0.4) is 0 Å². The van der Waals surface area contributed by atoms with Crippen LogP contribution < -0.4 is 15.4 Å². The van der Waals surface area contributed by atoms with Crippen LogP contribution in [0.4, 0.5) is 4.79 Å². The summed E-state index contributed by atoms with van der Waals surface area (Å²) in [6, 6.07) is 6.86. The molecule has 100 valence electrons. The molecule has 1 aliphatic rings. The maximum atomic E-state index is 11.4. The average molecular weight is 260 g/mol. The second-order valence-electron chi connectivity index (χ2n) is 4.37.